The van der Waals surface area contributed by atoms with E-state index in [9.17, 15) is 9.59 Å². The van der Waals surface area contributed by atoms with E-state index >= 15 is 0 Å². The third kappa shape index (κ3) is 5.53. The standard InChI is InChI=1S/C24H27N3O5/c1-24(2)12-18-20(31-14-19(29)16-6-4-15(13-28)5-7-16)10-17(11-21(18)32-24)23(30)27-22(25)8-9-26-3/h4-11,26,28H,12-14H2,1-3H3,(H2,25,27,30)/b9-8-. The van der Waals surface area contributed by atoms with E-state index in [1.54, 1.807) is 43.4 Å². The maximum atomic E-state index is 12.6. The zero-order valence-electron chi connectivity index (χ0n) is 18.3. The largest absolute Gasteiger partial charge is 0.487 e. The first-order valence-electron chi connectivity index (χ1n) is 10.2. The van der Waals surface area contributed by atoms with Crippen LogP contribution < -0.4 is 20.1 Å². The van der Waals surface area contributed by atoms with Gasteiger partial charge in [-0.05, 0) is 43.8 Å². The number of ketones is 1. The molecule has 0 aliphatic carbocycles. The maximum Gasteiger partial charge on any atom is 0.257 e. The number of aliphatic hydroxyl groups is 1. The van der Waals surface area contributed by atoms with Crippen molar-refractivity contribution in [3.63, 3.8) is 0 Å². The van der Waals surface area contributed by atoms with E-state index in [-0.39, 0.29) is 30.4 Å². The van der Waals surface area contributed by atoms with Crippen molar-refractivity contribution in [2.75, 3.05) is 13.7 Å². The second-order valence-corrected chi connectivity index (χ2v) is 8.05. The molecule has 1 aliphatic rings. The Hall–Kier alpha value is -3.65. The molecule has 0 spiro atoms. The van der Waals surface area contributed by atoms with Crippen molar-refractivity contribution in [2.24, 2.45) is 0 Å². The molecule has 0 unspecified atom stereocenters. The van der Waals surface area contributed by atoms with E-state index in [0.717, 1.165) is 5.56 Å². The lowest BCUT2D eigenvalue weighted by Crippen LogP contribution is -2.28. The second kappa shape index (κ2) is 9.65. The average Bonchev–Trinajstić information content (AvgIpc) is 3.09. The molecule has 0 radical (unpaired) electrons. The minimum Gasteiger partial charge on any atom is -0.487 e. The first-order chi connectivity index (χ1) is 15.2. The molecule has 0 fully saturated rings. The highest BCUT2D eigenvalue weighted by Crippen LogP contribution is 2.41. The predicted octanol–water partition coefficient (Wildman–Crippen LogP) is 2.59. The van der Waals surface area contributed by atoms with Crippen molar-refractivity contribution in [1.82, 2.24) is 10.6 Å². The summed E-state index contributed by atoms with van der Waals surface area (Å²) in [6.07, 6.45) is 3.52. The van der Waals surface area contributed by atoms with Gasteiger partial charge in [-0.2, -0.15) is 0 Å². The van der Waals surface area contributed by atoms with Crippen molar-refractivity contribution in [3.05, 3.63) is 70.9 Å². The van der Waals surface area contributed by atoms with Gasteiger partial charge in [0.1, 0.15) is 22.9 Å². The lowest BCUT2D eigenvalue weighted by molar-refractivity contribution is 0.0921. The quantitative estimate of drug-likeness (QED) is 0.286. The number of nitrogens with one attached hydrogen (secondary N) is 3. The molecule has 0 aromatic heterocycles. The monoisotopic (exact) mass is 437 g/mol. The maximum absolute atomic E-state index is 12.6. The van der Waals surface area contributed by atoms with Gasteiger partial charge in [0.05, 0.1) is 6.61 Å². The second-order valence-electron chi connectivity index (χ2n) is 8.05. The number of fused-ring (bicyclic) bond motifs is 1. The van der Waals surface area contributed by atoms with Crippen molar-refractivity contribution in [3.8, 4) is 11.5 Å². The molecule has 2 aromatic carbocycles. The number of hydrogen-bond donors (Lipinski definition) is 4. The van der Waals surface area contributed by atoms with E-state index < -0.39 is 11.5 Å². The summed E-state index contributed by atoms with van der Waals surface area (Å²) in [6, 6.07) is 9.84. The van der Waals surface area contributed by atoms with Crippen LogP contribution in [0, 0.1) is 5.41 Å². The summed E-state index contributed by atoms with van der Waals surface area (Å²) in [7, 11) is 1.69. The van der Waals surface area contributed by atoms with Gasteiger partial charge < -0.3 is 25.2 Å². The van der Waals surface area contributed by atoms with Gasteiger partial charge >= 0.3 is 0 Å². The highest BCUT2D eigenvalue weighted by Gasteiger charge is 2.34. The molecule has 1 amide bonds. The van der Waals surface area contributed by atoms with Crippen LogP contribution in [-0.4, -0.2) is 41.9 Å². The Morgan fingerprint density at radius 3 is 2.59 bits per heavy atom. The molecular weight excluding hydrogens is 410 g/mol. The zero-order chi connectivity index (χ0) is 23.3. The molecule has 2 aromatic rings. The Morgan fingerprint density at radius 1 is 1.22 bits per heavy atom. The van der Waals surface area contributed by atoms with Crippen LogP contribution in [-0.2, 0) is 13.0 Å². The van der Waals surface area contributed by atoms with Crippen LogP contribution in [0.5, 0.6) is 11.5 Å². The Balaban J connectivity index is 1.81. The summed E-state index contributed by atoms with van der Waals surface area (Å²) in [5.41, 5.74) is 1.77. The van der Waals surface area contributed by atoms with E-state index in [0.29, 0.717) is 29.0 Å². The van der Waals surface area contributed by atoms with Gasteiger partial charge in [0, 0.05) is 30.2 Å². The Morgan fingerprint density at radius 2 is 1.94 bits per heavy atom. The van der Waals surface area contributed by atoms with Crippen LogP contribution in [0.1, 0.15) is 45.7 Å². The van der Waals surface area contributed by atoms with Crippen molar-refractivity contribution < 1.29 is 24.2 Å². The normalized spacial score (nSPS) is 13.9. The van der Waals surface area contributed by atoms with Crippen LogP contribution in [0.3, 0.4) is 0 Å². The van der Waals surface area contributed by atoms with E-state index in [1.165, 1.54) is 12.3 Å². The predicted molar refractivity (Wildman–Crippen MR) is 120 cm³/mol. The summed E-state index contributed by atoms with van der Waals surface area (Å²) in [4.78, 5) is 25.2. The number of hydrogen-bond acceptors (Lipinski definition) is 7. The molecule has 8 heteroatoms. The first-order valence-corrected chi connectivity index (χ1v) is 10.2. The number of amidine groups is 1. The van der Waals surface area contributed by atoms with Gasteiger partial charge in [-0.15, -0.1) is 0 Å². The molecule has 0 bridgehead atoms. The topological polar surface area (TPSA) is 121 Å². The van der Waals surface area contributed by atoms with Crippen LogP contribution in [0.4, 0.5) is 0 Å². The van der Waals surface area contributed by atoms with E-state index in [4.69, 9.17) is 20.0 Å². The summed E-state index contributed by atoms with van der Waals surface area (Å²) in [5.74, 6) is 0.137. The molecule has 1 heterocycles. The number of ether oxygens (including phenoxy) is 2. The van der Waals surface area contributed by atoms with E-state index in [2.05, 4.69) is 10.6 Å². The minimum absolute atomic E-state index is 0.0740. The third-order valence-corrected chi connectivity index (χ3v) is 4.90. The lowest BCUT2D eigenvalue weighted by Gasteiger charge is -2.16. The fourth-order valence-electron chi connectivity index (χ4n) is 3.33. The third-order valence-electron chi connectivity index (χ3n) is 4.90. The lowest BCUT2D eigenvalue weighted by atomic mass is 9.99. The molecule has 4 N–H and O–H groups in total. The van der Waals surface area contributed by atoms with Gasteiger partial charge in [-0.3, -0.25) is 15.0 Å². The number of carbonyl (C=O) groups excluding carboxylic acids is 2. The molecule has 1 aliphatic heterocycles. The summed E-state index contributed by atoms with van der Waals surface area (Å²) < 4.78 is 11.8. The van der Waals surface area contributed by atoms with Crippen LogP contribution in [0.15, 0.2) is 48.7 Å². The zero-order valence-corrected chi connectivity index (χ0v) is 18.3. The summed E-state index contributed by atoms with van der Waals surface area (Å²) in [5, 5.41) is 22.2. The molecule has 0 atom stereocenters. The fourth-order valence-corrected chi connectivity index (χ4v) is 3.33. The molecule has 168 valence electrons. The van der Waals surface area contributed by atoms with Crippen LogP contribution in [0.2, 0.25) is 0 Å². The Kier molecular flexibility index (Phi) is 6.95. The highest BCUT2D eigenvalue weighted by atomic mass is 16.5. The highest BCUT2D eigenvalue weighted by molar-refractivity contribution is 6.09. The number of Topliss-reactive ketones (excluding diaryl/α,β-unsaturated/α-hetero) is 1. The smallest absolute Gasteiger partial charge is 0.257 e. The number of carbonyl (C=O) groups is 2. The van der Waals surface area contributed by atoms with Crippen LogP contribution >= 0.6 is 0 Å². The summed E-state index contributed by atoms with van der Waals surface area (Å²) in [6.45, 7) is 3.56. The Labute approximate surface area is 186 Å². The molecule has 0 saturated carbocycles. The molecular formula is C24H27N3O5. The van der Waals surface area contributed by atoms with Gasteiger partial charge in [0.2, 0.25) is 0 Å². The van der Waals surface area contributed by atoms with E-state index in [1.807, 2.05) is 13.8 Å². The SMILES string of the molecule is CN/C=C\C(=N)NC(=O)c1cc(OCC(=O)c2ccc(CO)cc2)c2c(c1)OC(C)(C)C2. The number of amides is 1. The number of benzene rings is 2. The Bertz CT molecular complexity index is 1060. The van der Waals surface area contributed by atoms with Gasteiger partial charge in [0.25, 0.3) is 5.91 Å². The summed E-state index contributed by atoms with van der Waals surface area (Å²) >= 11 is 0. The first kappa shape index (κ1) is 23.0. The van der Waals surface area contributed by atoms with Gasteiger partial charge in [-0.1, -0.05) is 24.3 Å². The minimum atomic E-state index is -0.484. The van der Waals surface area contributed by atoms with Gasteiger partial charge in [-0.25, -0.2) is 0 Å². The van der Waals surface area contributed by atoms with Crippen molar-refractivity contribution in [1.29, 1.82) is 5.41 Å². The molecule has 8 nitrogen and oxygen atoms in total. The van der Waals surface area contributed by atoms with Crippen LogP contribution in [0.25, 0.3) is 0 Å². The van der Waals surface area contributed by atoms with Crippen molar-refractivity contribution in [2.45, 2.75) is 32.5 Å². The molecule has 32 heavy (non-hydrogen) atoms. The average molecular weight is 437 g/mol. The fraction of sp³-hybridized carbons (Fsp3) is 0.292. The van der Waals surface area contributed by atoms with Gasteiger partial charge in [0.15, 0.2) is 12.4 Å². The number of rotatable bonds is 8. The molecule has 0 saturated heterocycles. The van der Waals surface area contributed by atoms with Crippen molar-refractivity contribution >= 4 is 17.5 Å². The number of aliphatic hydroxyl groups excluding tert-OH is 1. The molecule has 3 rings (SSSR count).